The number of nitrogens with zero attached hydrogens (tertiary/aromatic N) is 1. The van der Waals surface area contributed by atoms with Crippen molar-refractivity contribution in [3.05, 3.63) is 0 Å². The number of fused-ring (bicyclic) bond motifs is 2. The second kappa shape index (κ2) is 6.91. The number of piperidine rings is 1. The van der Waals surface area contributed by atoms with E-state index in [1.54, 1.807) is 0 Å². The van der Waals surface area contributed by atoms with Crippen LogP contribution in [0.2, 0.25) is 0 Å². The molecule has 0 aromatic carbocycles. The van der Waals surface area contributed by atoms with Crippen molar-refractivity contribution in [3.63, 3.8) is 0 Å². The zero-order chi connectivity index (χ0) is 16.3. The van der Waals surface area contributed by atoms with Crippen LogP contribution in [0.1, 0.15) is 66.2 Å². The van der Waals surface area contributed by atoms with E-state index in [1.165, 1.54) is 0 Å². The predicted molar refractivity (Wildman–Crippen MR) is 88.6 cm³/mol. The number of amides is 1. The lowest BCUT2D eigenvalue weighted by molar-refractivity contribution is 0.00449. The van der Waals surface area contributed by atoms with Crippen molar-refractivity contribution >= 4 is 6.09 Å². The Morgan fingerprint density at radius 2 is 1.95 bits per heavy atom. The number of hydrogen-bond donors (Lipinski definition) is 1. The van der Waals surface area contributed by atoms with Gasteiger partial charge in [0.05, 0.1) is 6.04 Å². The second-order valence-corrected chi connectivity index (χ2v) is 7.62. The highest BCUT2D eigenvalue weighted by Gasteiger charge is 2.44. The highest BCUT2D eigenvalue weighted by Crippen LogP contribution is 2.37. The van der Waals surface area contributed by atoms with Crippen LogP contribution in [0.25, 0.3) is 0 Å². The van der Waals surface area contributed by atoms with Crippen molar-refractivity contribution in [2.24, 2.45) is 0 Å². The molecule has 2 aliphatic rings. The molecule has 2 aliphatic heterocycles. The number of carbonyl (C=O) groups is 1. The maximum atomic E-state index is 12.4. The molecule has 0 spiro atoms. The third-order valence-corrected chi connectivity index (χ3v) is 4.55. The maximum Gasteiger partial charge on any atom is 0.410 e. The molecule has 2 bridgehead atoms. The largest absolute Gasteiger partial charge is 0.444 e. The van der Waals surface area contributed by atoms with E-state index in [1.807, 2.05) is 25.7 Å². The van der Waals surface area contributed by atoms with Gasteiger partial charge in [0.1, 0.15) is 5.60 Å². The fourth-order valence-electron chi connectivity index (χ4n) is 3.71. The lowest BCUT2D eigenvalue weighted by atomic mass is 9.96. The average Bonchev–Trinajstić information content (AvgIpc) is 2.68. The summed E-state index contributed by atoms with van der Waals surface area (Å²) in [4.78, 5) is 14.4. The minimum Gasteiger partial charge on any atom is -0.444 e. The Morgan fingerprint density at radius 1 is 1.36 bits per heavy atom. The number of hydrogen-bond acceptors (Lipinski definition) is 3. The van der Waals surface area contributed by atoms with Crippen LogP contribution in [0.5, 0.6) is 0 Å². The summed E-state index contributed by atoms with van der Waals surface area (Å²) in [5.74, 6) is 2.85. The van der Waals surface area contributed by atoms with Crippen molar-refractivity contribution in [2.75, 3.05) is 0 Å². The van der Waals surface area contributed by atoms with Gasteiger partial charge < -0.3 is 15.0 Å². The topological polar surface area (TPSA) is 41.6 Å². The lowest BCUT2D eigenvalue weighted by Gasteiger charge is -2.40. The Labute approximate surface area is 135 Å². The molecule has 1 N–H and O–H groups in total. The number of terminal acetylenes is 1. The summed E-state index contributed by atoms with van der Waals surface area (Å²) in [6.45, 7) is 7.91. The second-order valence-electron chi connectivity index (χ2n) is 7.62. The molecule has 1 amide bonds. The SMILES string of the molecule is C#CC(CCC)NC1CC2CCC(C1)N2C(=O)OC(C)(C)C. The molecule has 3 unspecified atom stereocenters. The molecule has 0 aromatic heterocycles. The number of carbonyl (C=O) groups excluding carboxylic acids is 1. The standard InChI is InChI=1S/C18H30N2O2/c1-6-8-13(7-2)19-14-11-15-9-10-16(12-14)20(15)17(21)22-18(3,4)5/h2,13-16,19H,6,8-12H2,1,3-5H3. The minimum atomic E-state index is -0.429. The summed E-state index contributed by atoms with van der Waals surface area (Å²) in [7, 11) is 0. The van der Waals surface area contributed by atoms with Gasteiger partial charge in [-0.3, -0.25) is 0 Å². The molecule has 4 nitrogen and oxygen atoms in total. The summed E-state index contributed by atoms with van der Waals surface area (Å²) < 4.78 is 5.57. The molecule has 0 aromatic rings. The number of rotatable bonds is 4. The Kier molecular flexibility index (Phi) is 5.39. The van der Waals surface area contributed by atoms with Gasteiger partial charge in [-0.1, -0.05) is 19.3 Å². The predicted octanol–water partition coefficient (Wildman–Crippen LogP) is 3.31. The molecular formula is C18H30N2O2. The first-order valence-electron chi connectivity index (χ1n) is 8.57. The van der Waals surface area contributed by atoms with Crippen LogP contribution < -0.4 is 5.32 Å². The molecule has 124 valence electrons. The van der Waals surface area contributed by atoms with Gasteiger partial charge >= 0.3 is 6.09 Å². The normalized spacial score (nSPS) is 29.0. The van der Waals surface area contributed by atoms with E-state index < -0.39 is 5.60 Å². The van der Waals surface area contributed by atoms with E-state index in [4.69, 9.17) is 11.2 Å². The Balaban J connectivity index is 1.94. The first kappa shape index (κ1) is 17.1. The maximum absolute atomic E-state index is 12.4. The fraction of sp³-hybridized carbons (Fsp3) is 0.833. The molecule has 4 heteroatoms. The molecule has 0 aliphatic carbocycles. The van der Waals surface area contributed by atoms with Crippen LogP contribution in [-0.4, -0.2) is 40.8 Å². The Hall–Kier alpha value is -1.21. The monoisotopic (exact) mass is 306 g/mol. The molecule has 2 rings (SSSR count). The lowest BCUT2D eigenvalue weighted by Crippen LogP contribution is -2.53. The van der Waals surface area contributed by atoms with Gasteiger partial charge in [-0.25, -0.2) is 4.79 Å². The van der Waals surface area contributed by atoms with Gasteiger partial charge in [-0.15, -0.1) is 6.42 Å². The molecule has 2 heterocycles. The highest BCUT2D eigenvalue weighted by atomic mass is 16.6. The zero-order valence-corrected chi connectivity index (χ0v) is 14.4. The Morgan fingerprint density at radius 3 is 2.41 bits per heavy atom. The van der Waals surface area contributed by atoms with Gasteiger partial charge in [-0.2, -0.15) is 0 Å². The van der Waals surface area contributed by atoms with E-state index in [0.717, 1.165) is 38.5 Å². The molecule has 22 heavy (non-hydrogen) atoms. The molecule has 2 saturated heterocycles. The van der Waals surface area contributed by atoms with Crippen molar-refractivity contribution in [1.82, 2.24) is 10.2 Å². The number of nitrogens with one attached hydrogen (secondary N) is 1. The summed E-state index contributed by atoms with van der Waals surface area (Å²) in [5, 5.41) is 3.60. The third kappa shape index (κ3) is 4.16. The van der Waals surface area contributed by atoms with Crippen LogP contribution in [0.4, 0.5) is 4.79 Å². The van der Waals surface area contributed by atoms with Crippen LogP contribution in [0, 0.1) is 12.3 Å². The zero-order valence-electron chi connectivity index (χ0n) is 14.4. The Bertz CT molecular complexity index is 421. The van der Waals surface area contributed by atoms with E-state index >= 15 is 0 Å². The average molecular weight is 306 g/mol. The van der Waals surface area contributed by atoms with Crippen molar-refractivity contribution in [1.29, 1.82) is 0 Å². The summed E-state index contributed by atoms with van der Waals surface area (Å²) >= 11 is 0. The fourth-order valence-corrected chi connectivity index (χ4v) is 3.71. The van der Waals surface area contributed by atoms with Crippen LogP contribution in [0.3, 0.4) is 0 Å². The van der Waals surface area contributed by atoms with Gasteiger partial charge in [0.15, 0.2) is 0 Å². The quantitative estimate of drug-likeness (QED) is 0.810. The first-order valence-corrected chi connectivity index (χ1v) is 8.57. The van der Waals surface area contributed by atoms with Crippen LogP contribution >= 0.6 is 0 Å². The number of ether oxygens (including phenoxy) is 1. The van der Waals surface area contributed by atoms with Crippen LogP contribution in [0.15, 0.2) is 0 Å². The summed E-state index contributed by atoms with van der Waals surface area (Å²) in [6, 6.07) is 1.17. The molecule has 3 atom stereocenters. The van der Waals surface area contributed by atoms with E-state index in [0.29, 0.717) is 18.1 Å². The van der Waals surface area contributed by atoms with Gasteiger partial charge in [0, 0.05) is 18.1 Å². The molecule has 0 saturated carbocycles. The van der Waals surface area contributed by atoms with Crippen molar-refractivity contribution in [3.8, 4) is 12.3 Å². The van der Waals surface area contributed by atoms with Gasteiger partial charge in [0.25, 0.3) is 0 Å². The van der Waals surface area contributed by atoms with Gasteiger partial charge in [0.2, 0.25) is 0 Å². The van der Waals surface area contributed by atoms with E-state index in [9.17, 15) is 4.79 Å². The highest BCUT2D eigenvalue weighted by molar-refractivity contribution is 5.69. The van der Waals surface area contributed by atoms with E-state index in [2.05, 4.69) is 18.2 Å². The summed E-state index contributed by atoms with van der Waals surface area (Å²) in [6.07, 6.45) is 11.7. The smallest absolute Gasteiger partial charge is 0.410 e. The van der Waals surface area contributed by atoms with Crippen molar-refractivity contribution in [2.45, 2.75) is 96.0 Å². The van der Waals surface area contributed by atoms with Crippen LogP contribution in [-0.2, 0) is 4.74 Å². The molecule has 0 radical (unpaired) electrons. The van der Waals surface area contributed by atoms with Gasteiger partial charge in [-0.05, 0) is 52.9 Å². The molecule has 2 fully saturated rings. The third-order valence-electron chi connectivity index (χ3n) is 4.55. The molecular weight excluding hydrogens is 276 g/mol. The van der Waals surface area contributed by atoms with Crippen molar-refractivity contribution < 1.29 is 9.53 Å². The first-order chi connectivity index (χ1) is 10.3. The van der Waals surface area contributed by atoms with E-state index in [-0.39, 0.29) is 12.1 Å². The minimum absolute atomic E-state index is 0.152. The summed E-state index contributed by atoms with van der Waals surface area (Å²) in [5.41, 5.74) is -0.429.